The molecule has 1 fully saturated rings. The van der Waals surface area contributed by atoms with Crippen molar-refractivity contribution in [3.05, 3.63) is 0 Å². The van der Waals surface area contributed by atoms with E-state index in [1.807, 2.05) is 0 Å². The fourth-order valence-electron chi connectivity index (χ4n) is 1.71. The second-order valence-electron chi connectivity index (χ2n) is 3.91. The molecule has 0 aromatic carbocycles. The van der Waals surface area contributed by atoms with E-state index in [9.17, 15) is 9.36 Å². The van der Waals surface area contributed by atoms with Gasteiger partial charge in [0.15, 0.2) is 0 Å². The molecule has 0 saturated carbocycles. The van der Waals surface area contributed by atoms with Gasteiger partial charge in [-0.05, 0) is 19.4 Å². The lowest BCUT2D eigenvalue weighted by molar-refractivity contribution is -0.140. The molecule has 1 aliphatic rings. The molecule has 1 rings (SSSR count). The molecule has 0 radical (unpaired) electrons. The Morgan fingerprint density at radius 2 is 2.19 bits per heavy atom. The molecule has 16 heavy (non-hydrogen) atoms. The molecular formula is C8H17N2O5P. The van der Waals surface area contributed by atoms with Crippen molar-refractivity contribution in [3.63, 3.8) is 0 Å². The average molecular weight is 252 g/mol. The Morgan fingerprint density at radius 1 is 1.50 bits per heavy atom. The predicted molar refractivity (Wildman–Crippen MR) is 57.4 cm³/mol. The normalized spacial score (nSPS) is 26.6. The summed E-state index contributed by atoms with van der Waals surface area (Å²) in [6.45, 7) is 0.811. The number of hydrogen-bond donors (Lipinski definition) is 5. The van der Waals surface area contributed by atoms with Gasteiger partial charge in [0.1, 0.15) is 6.04 Å². The molecule has 1 saturated heterocycles. The summed E-state index contributed by atoms with van der Waals surface area (Å²) in [4.78, 5) is 28.0. The lowest BCUT2D eigenvalue weighted by atomic mass is 9.99. The topological polar surface area (TPSA) is 119 Å². The molecule has 0 aromatic heterocycles. The molecule has 0 spiro atoms. The van der Waals surface area contributed by atoms with Crippen LogP contribution in [0.2, 0.25) is 0 Å². The maximum atomic E-state index is 10.7. The zero-order chi connectivity index (χ0) is 12.2. The zero-order valence-electron chi connectivity index (χ0n) is 8.80. The number of carboxylic acids is 1. The van der Waals surface area contributed by atoms with Gasteiger partial charge in [0.05, 0.1) is 6.16 Å². The molecular weight excluding hydrogens is 235 g/mol. The second kappa shape index (κ2) is 5.75. The van der Waals surface area contributed by atoms with Crippen molar-refractivity contribution in [2.45, 2.75) is 24.9 Å². The highest BCUT2D eigenvalue weighted by Crippen LogP contribution is 2.32. The Kier molecular flexibility index (Phi) is 4.89. The highest BCUT2D eigenvalue weighted by Gasteiger charge is 2.26. The first-order valence-electron chi connectivity index (χ1n) is 5.12. The number of aliphatic carboxylic acids is 1. The molecule has 0 unspecified atom stereocenters. The maximum Gasteiger partial charge on any atom is 0.326 e. The minimum Gasteiger partial charge on any atom is -0.480 e. The van der Waals surface area contributed by atoms with E-state index in [1.165, 1.54) is 0 Å². The lowest BCUT2D eigenvalue weighted by Crippen LogP contribution is -2.49. The molecule has 0 aromatic rings. The van der Waals surface area contributed by atoms with Crippen molar-refractivity contribution in [3.8, 4) is 0 Å². The van der Waals surface area contributed by atoms with Crippen LogP contribution >= 0.6 is 7.60 Å². The number of piperidine rings is 1. The maximum absolute atomic E-state index is 10.7. The molecule has 0 amide bonds. The number of rotatable bonds is 5. The minimum atomic E-state index is -3.96. The van der Waals surface area contributed by atoms with Crippen LogP contribution in [0, 0.1) is 0 Å². The monoisotopic (exact) mass is 252 g/mol. The van der Waals surface area contributed by atoms with Crippen molar-refractivity contribution < 1.29 is 24.3 Å². The number of nitrogens with one attached hydrogen (secondary N) is 2. The molecule has 1 aliphatic heterocycles. The minimum absolute atomic E-state index is 0.00824. The molecule has 5 N–H and O–H groups in total. The van der Waals surface area contributed by atoms with Crippen LogP contribution in [0.25, 0.3) is 0 Å². The molecule has 7 nitrogen and oxygen atoms in total. The summed E-state index contributed by atoms with van der Waals surface area (Å²) in [6, 6.07) is -0.560. The van der Waals surface area contributed by atoms with Crippen LogP contribution in [-0.4, -0.2) is 52.2 Å². The molecule has 8 heteroatoms. The number of hydrogen-bond acceptors (Lipinski definition) is 4. The van der Waals surface area contributed by atoms with E-state index in [4.69, 9.17) is 14.9 Å². The zero-order valence-corrected chi connectivity index (χ0v) is 9.69. The van der Waals surface area contributed by atoms with Gasteiger partial charge in [0.2, 0.25) is 0 Å². The molecule has 1 heterocycles. The first kappa shape index (κ1) is 13.6. The van der Waals surface area contributed by atoms with Gasteiger partial charge in [-0.15, -0.1) is 0 Å². The van der Waals surface area contributed by atoms with Crippen LogP contribution in [0.1, 0.15) is 12.8 Å². The third-order valence-corrected chi connectivity index (χ3v) is 3.34. The van der Waals surface area contributed by atoms with Gasteiger partial charge in [-0.3, -0.25) is 9.36 Å². The quantitative estimate of drug-likeness (QED) is 0.396. The van der Waals surface area contributed by atoms with Gasteiger partial charge in [0.25, 0.3) is 0 Å². The second-order valence-corrected chi connectivity index (χ2v) is 5.69. The van der Waals surface area contributed by atoms with Gasteiger partial charge in [-0.25, -0.2) is 0 Å². The standard InChI is InChI=1S/C8H17N2O5P/c11-8(12)7-5-6(1-2-10-7)9-3-4-16(13,14)15/h6-7,9-10H,1-5H2,(H,11,12)(H2,13,14,15)/t6-,7+/m1/s1. The van der Waals surface area contributed by atoms with Crippen LogP contribution in [0.4, 0.5) is 0 Å². The van der Waals surface area contributed by atoms with E-state index in [0.717, 1.165) is 6.42 Å². The SMILES string of the molecule is O=C(O)[C@@H]1C[C@H](NCCP(=O)(O)O)CCN1. The van der Waals surface area contributed by atoms with Crippen LogP contribution in [0.3, 0.4) is 0 Å². The Labute approximate surface area is 93.4 Å². The van der Waals surface area contributed by atoms with Gasteiger partial charge in [-0.2, -0.15) is 0 Å². The first-order valence-corrected chi connectivity index (χ1v) is 6.92. The van der Waals surface area contributed by atoms with Crippen molar-refractivity contribution in [1.29, 1.82) is 0 Å². The van der Waals surface area contributed by atoms with Gasteiger partial charge in [0, 0.05) is 12.6 Å². The summed E-state index contributed by atoms with van der Waals surface area (Å²) in [5.74, 6) is -0.888. The largest absolute Gasteiger partial charge is 0.480 e. The summed E-state index contributed by atoms with van der Waals surface area (Å²) < 4.78 is 10.6. The summed E-state index contributed by atoms with van der Waals surface area (Å²) >= 11 is 0. The fraction of sp³-hybridized carbons (Fsp3) is 0.875. The fourth-order valence-corrected chi connectivity index (χ4v) is 2.13. The van der Waals surface area contributed by atoms with Gasteiger partial charge in [-0.1, -0.05) is 0 Å². The van der Waals surface area contributed by atoms with E-state index in [0.29, 0.717) is 13.0 Å². The van der Waals surface area contributed by atoms with Crippen molar-refractivity contribution in [2.75, 3.05) is 19.3 Å². The summed E-state index contributed by atoms with van der Waals surface area (Å²) in [7, 11) is -3.96. The molecule has 0 bridgehead atoms. The van der Waals surface area contributed by atoms with Crippen LogP contribution < -0.4 is 10.6 Å². The highest BCUT2D eigenvalue weighted by molar-refractivity contribution is 7.51. The van der Waals surface area contributed by atoms with E-state index >= 15 is 0 Å². The number of carboxylic acid groups (broad SMARTS) is 1. The summed E-state index contributed by atoms with van der Waals surface area (Å²) in [5.41, 5.74) is 0. The Bertz CT molecular complexity index is 292. The van der Waals surface area contributed by atoms with Crippen LogP contribution in [0.15, 0.2) is 0 Å². The third kappa shape index (κ3) is 5.05. The number of carbonyl (C=O) groups is 1. The van der Waals surface area contributed by atoms with E-state index < -0.39 is 19.6 Å². The molecule has 2 atom stereocenters. The third-order valence-electron chi connectivity index (χ3n) is 2.54. The van der Waals surface area contributed by atoms with E-state index in [-0.39, 0.29) is 18.7 Å². The van der Waals surface area contributed by atoms with Crippen LogP contribution in [-0.2, 0) is 9.36 Å². The smallest absolute Gasteiger partial charge is 0.326 e. The van der Waals surface area contributed by atoms with E-state index in [1.54, 1.807) is 0 Å². The van der Waals surface area contributed by atoms with Crippen molar-refractivity contribution >= 4 is 13.6 Å². The first-order chi connectivity index (χ1) is 7.38. The van der Waals surface area contributed by atoms with Crippen molar-refractivity contribution in [1.82, 2.24) is 10.6 Å². The predicted octanol–water partition coefficient (Wildman–Crippen LogP) is -1.04. The molecule has 0 aliphatic carbocycles. The Hall–Kier alpha value is -0.460. The average Bonchev–Trinajstić information content (AvgIpc) is 2.16. The Balaban J connectivity index is 2.27. The van der Waals surface area contributed by atoms with Crippen LogP contribution in [0.5, 0.6) is 0 Å². The van der Waals surface area contributed by atoms with Crippen molar-refractivity contribution in [2.24, 2.45) is 0 Å². The summed E-state index contributed by atoms with van der Waals surface area (Å²) in [6.07, 6.45) is 0.996. The molecule has 94 valence electrons. The van der Waals surface area contributed by atoms with Gasteiger partial charge < -0.3 is 25.5 Å². The Morgan fingerprint density at radius 3 is 2.75 bits per heavy atom. The summed E-state index contributed by atoms with van der Waals surface area (Å²) in [5, 5.41) is 14.6. The van der Waals surface area contributed by atoms with Gasteiger partial charge >= 0.3 is 13.6 Å². The lowest BCUT2D eigenvalue weighted by Gasteiger charge is -2.28. The highest BCUT2D eigenvalue weighted by atomic mass is 31.2. The van der Waals surface area contributed by atoms with E-state index in [2.05, 4.69) is 10.6 Å².